The molecule has 2 heterocycles. The van der Waals surface area contributed by atoms with Gasteiger partial charge in [0.15, 0.2) is 0 Å². The third-order valence-corrected chi connectivity index (χ3v) is 3.64. The summed E-state index contributed by atoms with van der Waals surface area (Å²) in [6.45, 7) is 3.79. The van der Waals surface area contributed by atoms with E-state index in [0.29, 0.717) is 5.92 Å². The molecular formula is C14H20N2O2. The summed E-state index contributed by atoms with van der Waals surface area (Å²) in [6.07, 6.45) is 4.45. The normalized spacial score (nSPS) is 24.9. The Morgan fingerprint density at radius 1 is 1.56 bits per heavy atom. The van der Waals surface area contributed by atoms with E-state index >= 15 is 0 Å². The van der Waals surface area contributed by atoms with Crippen molar-refractivity contribution >= 4 is 5.97 Å². The molecule has 0 amide bonds. The Morgan fingerprint density at radius 3 is 3.06 bits per heavy atom. The van der Waals surface area contributed by atoms with Gasteiger partial charge in [-0.05, 0) is 37.4 Å². The van der Waals surface area contributed by atoms with Crippen LogP contribution in [-0.4, -0.2) is 40.1 Å². The Balaban J connectivity index is 1.93. The number of nitrogens with zero attached hydrogens (tertiary/aromatic N) is 2. The molecule has 1 N–H and O–H groups in total. The van der Waals surface area contributed by atoms with E-state index in [0.717, 1.165) is 38.0 Å². The Kier molecular flexibility index (Phi) is 4.31. The lowest BCUT2D eigenvalue weighted by atomic mass is 9.92. The Bertz CT molecular complexity index is 394. The van der Waals surface area contributed by atoms with Gasteiger partial charge in [-0.15, -0.1) is 0 Å². The zero-order valence-electron chi connectivity index (χ0n) is 10.7. The minimum Gasteiger partial charge on any atom is -0.480 e. The molecule has 0 aliphatic carbocycles. The van der Waals surface area contributed by atoms with Crippen molar-refractivity contribution < 1.29 is 9.90 Å². The largest absolute Gasteiger partial charge is 0.480 e. The molecule has 0 radical (unpaired) electrons. The third-order valence-electron chi connectivity index (χ3n) is 3.64. The van der Waals surface area contributed by atoms with Gasteiger partial charge in [0, 0.05) is 24.9 Å². The molecule has 2 atom stereocenters. The first kappa shape index (κ1) is 13.0. The van der Waals surface area contributed by atoms with Gasteiger partial charge < -0.3 is 5.11 Å². The summed E-state index contributed by atoms with van der Waals surface area (Å²) < 4.78 is 0. The first-order chi connectivity index (χ1) is 8.66. The lowest BCUT2D eigenvalue weighted by Crippen LogP contribution is -2.47. The van der Waals surface area contributed by atoms with E-state index in [1.165, 1.54) is 0 Å². The fourth-order valence-electron chi connectivity index (χ4n) is 2.52. The molecule has 4 nitrogen and oxygen atoms in total. The van der Waals surface area contributed by atoms with E-state index in [1.807, 2.05) is 18.2 Å². The van der Waals surface area contributed by atoms with Crippen LogP contribution in [0, 0.1) is 5.92 Å². The van der Waals surface area contributed by atoms with Gasteiger partial charge in [-0.2, -0.15) is 0 Å². The number of aromatic nitrogens is 1. The van der Waals surface area contributed by atoms with E-state index in [9.17, 15) is 9.90 Å². The van der Waals surface area contributed by atoms with Gasteiger partial charge in [-0.1, -0.05) is 13.0 Å². The molecule has 2 unspecified atom stereocenters. The van der Waals surface area contributed by atoms with E-state index in [2.05, 4.69) is 16.8 Å². The van der Waals surface area contributed by atoms with E-state index in [4.69, 9.17) is 0 Å². The van der Waals surface area contributed by atoms with E-state index in [1.54, 1.807) is 6.20 Å². The average molecular weight is 248 g/mol. The highest BCUT2D eigenvalue weighted by Gasteiger charge is 2.31. The molecule has 0 saturated carbocycles. The van der Waals surface area contributed by atoms with Gasteiger partial charge in [-0.3, -0.25) is 14.7 Å². The van der Waals surface area contributed by atoms with Crippen LogP contribution in [0.3, 0.4) is 0 Å². The van der Waals surface area contributed by atoms with Crippen LogP contribution in [0.5, 0.6) is 0 Å². The number of carbonyl (C=O) groups is 1. The van der Waals surface area contributed by atoms with Crippen LogP contribution in [0.15, 0.2) is 24.4 Å². The predicted molar refractivity (Wildman–Crippen MR) is 69.3 cm³/mol. The summed E-state index contributed by atoms with van der Waals surface area (Å²) in [6, 6.07) is 5.53. The second kappa shape index (κ2) is 5.96. The van der Waals surface area contributed by atoms with Gasteiger partial charge in [0.05, 0.1) is 0 Å². The lowest BCUT2D eigenvalue weighted by Gasteiger charge is -2.35. The number of hydrogen-bond donors (Lipinski definition) is 1. The Labute approximate surface area is 108 Å². The lowest BCUT2D eigenvalue weighted by molar-refractivity contribution is -0.145. The molecule has 1 aliphatic rings. The highest BCUT2D eigenvalue weighted by atomic mass is 16.4. The zero-order chi connectivity index (χ0) is 13.0. The molecule has 1 aliphatic heterocycles. The van der Waals surface area contributed by atoms with Gasteiger partial charge >= 0.3 is 5.97 Å². The molecule has 18 heavy (non-hydrogen) atoms. The fourth-order valence-corrected chi connectivity index (χ4v) is 2.52. The van der Waals surface area contributed by atoms with Crippen LogP contribution in [0.1, 0.15) is 25.5 Å². The predicted octanol–water partition coefficient (Wildman–Crippen LogP) is 1.81. The maximum Gasteiger partial charge on any atom is 0.320 e. The minimum absolute atomic E-state index is 0.322. The van der Waals surface area contributed by atoms with Crippen molar-refractivity contribution in [3.05, 3.63) is 30.1 Å². The van der Waals surface area contributed by atoms with E-state index < -0.39 is 5.97 Å². The highest BCUT2D eigenvalue weighted by Crippen LogP contribution is 2.22. The molecule has 98 valence electrons. The maximum atomic E-state index is 11.3. The quantitative estimate of drug-likeness (QED) is 0.883. The first-order valence-corrected chi connectivity index (χ1v) is 6.53. The van der Waals surface area contributed by atoms with Gasteiger partial charge in [0.1, 0.15) is 6.04 Å². The maximum absolute atomic E-state index is 11.3. The number of piperidine rings is 1. The number of carboxylic acids is 1. The van der Waals surface area contributed by atoms with Crippen LogP contribution in [0.25, 0.3) is 0 Å². The molecule has 1 aromatic heterocycles. The SMILES string of the molecule is CC1CCN(CCc2ccccn2)C(C(=O)O)C1. The fraction of sp³-hybridized carbons (Fsp3) is 0.571. The second-order valence-corrected chi connectivity index (χ2v) is 5.09. The van der Waals surface area contributed by atoms with Crippen molar-refractivity contribution in [1.29, 1.82) is 0 Å². The standard InChI is InChI=1S/C14H20N2O2/c1-11-5-8-16(13(10-11)14(17)18)9-6-12-4-2-3-7-15-12/h2-4,7,11,13H,5-6,8-10H2,1H3,(H,17,18). The summed E-state index contributed by atoms with van der Waals surface area (Å²) in [5, 5.41) is 9.27. The van der Waals surface area contributed by atoms with Gasteiger partial charge in [0.2, 0.25) is 0 Å². The van der Waals surface area contributed by atoms with Crippen molar-refractivity contribution in [1.82, 2.24) is 9.88 Å². The number of hydrogen-bond acceptors (Lipinski definition) is 3. The summed E-state index contributed by atoms with van der Waals surface area (Å²) in [5.74, 6) is -0.181. The van der Waals surface area contributed by atoms with E-state index in [-0.39, 0.29) is 6.04 Å². The Morgan fingerprint density at radius 2 is 2.39 bits per heavy atom. The molecule has 4 heteroatoms. The molecule has 1 saturated heterocycles. The molecule has 0 spiro atoms. The van der Waals surface area contributed by atoms with Crippen LogP contribution >= 0.6 is 0 Å². The van der Waals surface area contributed by atoms with Crippen LogP contribution in [-0.2, 0) is 11.2 Å². The second-order valence-electron chi connectivity index (χ2n) is 5.09. The zero-order valence-corrected chi connectivity index (χ0v) is 10.7. The van der Waals surface area contributed by atoms with Gasteiger partial charge in [-0.25, -0.2) is 0 Å². The minimum atomic E-state index is -0.692. The van der Waals surface area contributed by atoms with Crippen molar-refractivity contribution in [2.45, 2.75) is 32.2 Å². The molecule has 0 aromatic carbocycles. The van der Waals surface area contributed by atoms with Crippen LogP contribution < -0.4 is 0 Å². The first-order valence-electron chi connectivity index (χ1n) is 6.53. The summed E-state index contributed by atoms with van der Waals surface area (Å²) >= 11 is 0. The van der Waals surface area contributed by atoms with Gasteiger partial charge in [0.25, 0.3) is 0 Å². The number of carboxylic acid groups (broad SMARTS) is 1. The summed E-state index contributed by atoms with van der Waals surface area (Å²) in [7, 11) is 0. The average Bonchev–Trinajstić information content (AvgIpc) is 2.38. The molecule has 2 rings (SSSR count). The molecule has 1 aromatic rings. The monoisotopic (exact) mass is 248 g/mol. The summed E-state index contributed by atoms with van der Waals surface area (Å²) in [5.41, 5.74) is 1.03. The number of rotatable bonds is 4. The highest BCUT2D eigenvalue weighted by molar-refractivity contribution is 5.73. The van der Waals surface area contributed by atoms with Crippen molar-refractivity contribution in [2.75, 3.05) is 13.1 Å². The topological polar surface area (TPSA) is 53.4 Å². The molecule has 0 bridgehead atoms. The number of aliphatic carboxylic acids is 1. The smallest absolute Gasteiger partial charge is 0.320 e. The van der Waals surface area contributed by atoms with Crippen molar-refractivity contribution in [2.24, 2.45) is 5.92 Å². The number of pyridine rings is 1. The third kappa shape index (κ3) is 3.29. The number of likely N-dealkylation sites (tertiary alicyclic amines) is 1. The van der Waals surface area contributed by atoms with Crippen molar-refractivity contribution in [3.63, 3.8) is 0 Å². The Hall–Kier alpha value is -1.42. The molecule has 1 fully saturated rings. The van der Waals surface area contributed by atoms with Crippen LogP contribution in [0.2, 0.25) is 0 Å². The molecular weight excluding hydrogens is 228 g/mol. The van der Waals surface area contributed by atoms with Crippen molar-refractivity contribution in [3.8, 4) is 0 Å². The summed E-state index contributed by atoms with van der Waals surface area (Å²) in [4.78, 5) is 17.6. The van der Waals surface area contributed by atoms with Crippen LogP contribution in [0.4, 0.5) is 0 Å².